The van der Waals surface area contributed by atoms with Gasteiger partial charge in [0.15, 0.2) is 0 Å². The molecule has 23 heavy (non-hydrogen) atoms. The van der Waals surface area contributed by atoms with E-state index in [0.717, 1.165) is 39.4 Å². The van der Waals surface area contributed by atoms with Crippen molar-refractivity contribution in [1.82, 2.24) is 9.80 Å². The number of carbonyl (C=O) groups is 1. The average molecular weight is 353 g/mol. The number of halogens is 1. The number of fused-ring (bicyclic) bond motifs is 1. The summed E-state index contributed by atoms with van der Waals surface area (Å²) in [5.74, 6) is 0.0626. The molecule has 2 aromatic rings. The Labute approximate surface area is 145 Å². The fraction of sp³-hybridized carbons (Fsp3) is 0.471. The maximum atomic E-state index is 12.4. The molecule has 4 nitrogen and oxygen atoms in total. The SMILES string of the molecule is CN(Cc1sc2ccccc2c1Cl)C(=O)CN1CCC[C@@H](O)C1. The number of likely N-dealkylation sites (N-methyl/N-ethyl adjacent to an activating group) is 1. The second-order valence-electron chi connectivity index (χ2n) is 6.12. The number of carbonyl (C=O) groups excluding carboxylic acids is 1. The number of hydrogen-bond donors (Lipinski definition) is 1. The third-order valence-corrected chi connectivity index (χ3v) is 5.95. The Morgan fingerprint density at radius 1 is 1.48 bits per heavy atom. The molecule has 1 saturated heterocycles. The molecule has 1 aliphatic rings. The summed E-state index contributed by atoms with van der Waals surface area (Å²) >= 11 is 8.08. The van der Waals surface area contributed by atoms with Gasteiger partial charge in [-0.05, 0) is 25.5 Å². The van der Waals surface area contributed by atoms with Gasteiger partial charge in [-0.1, -0.05) is 29.8 Å². The van der Waals surface area contributed by atoms with E-state index < -0.39 is 0 Å². The Morgan fingerprint density at radius 3 is 3.00 bits per heavy atom. The first-order valence-electron chi connectivity index (χ1n) is 7.85. The third kappa shape index (κ3) is 3.86. The van der Waals surface area contributed by atoms with Gasteiger partial charge in [0, 0.05) is 28.6 Å². The lowest BCUT2D eigenvalue weighted by molar-refractivity contribution is -0.132. The first-order chi connectivity index (χ1) is 11.0. The summed E-state index contributed by atoms with van der Waals surface area (Å²) in [6.45, 7) is 2.34. The normalized spacial score (nSPS) is 19.2. The van der Waals surface area contributed by atoms with Crippen LogP contribution in [-0.4, -0.2) is 53.6 Å². The van der Waals surface area contributed by atoms with Crippen LogP contribution in [0.1, 0.15) is 17.7 Å². The summed E-state index contributed by atoms with van der Waals surface area (Å²) in [5, 5.41) is 11.5. The number of nitrogens with zero attached hydrogens (tertiary/aromatic N) is 2. The molecule has 0 aliphatic carbocycles. The predicted molar refractivity (Wildman–Crippen MR) is 95.0 cm³/mol. The number of hydrogen-bond acceptors (Lipinski definition) is 4. The highest BCUT2D eigenvalue weighted by Gasteiger charge is 2.22. The number of amides is 1. The van der Waals surface area contributed by atoms with Crippen LogP contribution in [0.15, 0.2) is 24.3 Å². The molecule has 0 unspecified atom stereocenters. The second kappa shape index (κ2) is 7.18. The van der Waals surface area contributed by atoms with Gasteiger partial charge in [0.05, 0.1) is 24.2 Å². The molecule has 6 heteroatoms. The lowest BCUT2D eigenvalue weighted by Crippen LogP contribution is -2.44. The van der Waals surface area contributed by atoms with Crippen molar-refractivity contribution >= 4 is 38.9 Å². The topological polar surface area (TPSA) is 43.8 Å². The molecule has 2 heterocycles. The molecule has 1 atom stereocenters. The highest BCUT2D eigenvalue weighted by molar-refractivity contribution is 7.19. The van der Waals surface area contributed by atoms with Crippen molar-refractivity contribution in [3.63, 3.8) is 0 Å². The Kier molecular flexibility index (Phi) is 5.21. The molecule has 0 bridgehead atoms. The van der Waals surface area contributed by atoms with Crippen LogP contribution in [0.3, 0.4) is 0 Å². The van der Waals surface area contributed by atoms with E-state index in [0.29, 0.717) is 19.6 Å². The van der Waals surface area contributed by atoms with Gasteiger partial charge >= 0.3 is 0 Å². The first-order valence-corrected chi connectivity index (χ1v) is 9.04. The minimum absolute atomic E-state index is 0.0626. The number of likely N-dealkylation sites (tertiary alicyclic amines) is 1. The van der Waals surface area contributed by atoms with Crippen LogP contribution in [0.5, 0.6) is 0 Å². The molecule has 0 spiro atoms. The quantitative estimate of drug-likeness (QED) is 0.920. The van der Waals surface area contributed by atoms with Gasteiger partial charge < -0.3 is 10.0 Å². The molecule has 0 radical (unpaired) electrons. The summed E-state index contributed by atoms with van der Waals surface area (Å²) in [6.07, 6.45) is 1.47. The molecule has 3 rings (SSSR count). The second-order valence-corrected chi connectivity index (χ2v) is 7.63. The molecular weight excluding hydrogens is 332 g/mol. The van der Waals surface area contributed by atoms with E-state index in [4.69, 9.17) is 11.6 Å². The van der Waals surface area contributed by atoms with Crippen molar-refractivity contribution in [3.05, 3.63) is 34.2 Å². The van der Waals surface area contributed by atoms with Crippen LogP contribution in [0.2, 0.25) is 5.02 Å². The van der Waals surface area contributed by atoms with E-state index in [9.17, 15) is 9.90 Å². The zero-order valence-electron chi connectivity index (χ0n) is 13.2. The van der Waals surface area contributed by atoms with E-state index in [1.165, 1.54) is 0 Å². The number of benzene rings is 1. The van der Waals surface area contributed by atoms with Gasteiger partial charge in [-0.25, -0.2) is 0 Å². The Hall–Kier alpha value is -1.14. The predicted octanol–water partition coefficient (Wildman–Crippen LogP) is 2.97. The van der Waals surface area contributed by atoms with E-state index in [1.54, 1.807) is 16.2 Å². The molecule has 1 amide bonds. The van der Waals surface area contributed by atoms with Crippen molar-refractivity contribution in [2.24, 2.45) is 0 Å². The average Bonchev–Trinajstić information content (AvgIpc) is 2.84. The molecule has 1 aliphatic heterocycles. The van der Waals surface area contributed by atoms with Crippen molar-refractivity contribution in [2.45, 2.75) is 25.5 Å². The highest BCUT2D eigenvalue weighted by Crippen LogP contribution is 2.35. The van der Waals surface area contributed by atoms with Gasteiger partial charge in [0.1, 0.15) is 0 Å². The Morgan fingerprint density at radius 2 is 2.26 bits per heavy atom. The zero-order valence-corrected chi connectivity index (χ0v) is 14.7. The highest BCUT2D eigenvalue weighted by atomic mass is 35.5. The Balaban J connectivity index is 1.64. The molecule has 1 N–H and O–H groups in total. The summed E-state index contributed by atoms with van der Waals surface area (Å²) in [7, 11) is 1.81. The van der Waals surface area contributed by atoms with E-state index >= 15 is 0 Å². The summed E-state index contributed by atoms with van der Waals surface area (Å²) < 4.78 is 1.15. The molecule has 124 valence electrons. The van der Waals surface area contributed by atoms with Gasteiger partial charge in [-0.3, -0.25) is 9.69 Å². The fourth-order valence-corrected chi connectivity index (χ4v) is 4.50. The first kappa shape index (κ1) is 16.7. The summed E-state index contributed by atoms with van der Waals surface area (Å²) in [6, 6.07) is 8.03. The van der Waals surface area contributed by atoms with Gasteiger partial charge in [-0.15, -0.1) is 11.3 Å². The van der Waals surface area contributed by atoms with Crippen LogP contribution in [0.4, 0.5) is 0 Å². The van der Waals surface area contributed by atoms with Gasteiger partial charge in [0.2, 0.25) is 5.91 Å². The molecule has 0 saturated carbocycles. The number of aliphatic hydroxyl groups excluding tert-OH is 1. The lowest BCUT2D eigenvalue weighted by atomic mass is 10.1. The van der Waals surface area contributed by atoms with Crippen molar-refractivity contribution in [1.29, 1.82) is 0 Å². The monoisotopic (exact) mass is 352 g/mol. The van der Waals surface area contributed by atoms with Crippen molar-refractivity contribution in [2.75, 3.05) is 26.7 Å². The number of thiophene rings is 1. The van der Waals surface area contributed by atoms with E-state index in [2.05, 4.69) is 0 Å². The summed E-state index contributed by atoms with van der Waals surface area (Å²) in [5.41, 5.74) is 0. The number of β-amino-alcohol motifs (C(OH)–C–C–N with tert-alkyl or cyclic N) is 1. The minimum atomic E-state index is -0.307. The Bertz CT molecular complexity index is 703. The van der Waals surface area contributed by atoms with Crippen molar-refractivity contribution < 1.29 is 9.90 Å². The molecular formula is C17H21ClN2O2S. The van der Waals surface area contributed by atoms with Crippen LogP contribution >= 0.6 is 22.9 Å². The van der Waals surface area contributed by atoms with Gasteiger partial charge in [0.25, 0.3) is 0 Å². The van der Waals surface area contributed by atoms with Crippen molar-refractivity contribution in [3.8, 4) is 0 Å². The minimum Gasteiger partial charge on any atom is -0.392 e. The molecule has 1 aromatic carbocycles. The maximum Gasteiger partial charge on any atom is 0.236 e. The maximum absolute atomic E-state index is 12.4. The number of piperidine rings is 1. The van der Waals surface area contributed by atoms with Crippen LogP contribution in [0.25, 0.3) is 10.1 Å². The van der Waals surface area contributed by atoms with E-state index in [-0.39, 0.29) is 12.0 Å². The van der Waals surface area contributed by atoms with Gasteiger partial charge in [-0.2, -0.15) is 0 Å². The molecule has 1 fully saturated rings. The lowest BCUT2D eigenvalue weighted by Gasteiger charge is -2.30. The number of rotatable bonds is 4. The standard InChI is InChI=1S/C17H21ClN2O2S/c1-19(16(22)11-20-8-4-5-12(21)9-20)10-15-17(18)13-6-2-3-7-14(13)23-15/h2-3,6-7,12,21H,4-5,8-11H2,1H3/t12-/m1/s1. The zero-order chi connectivity index (χ0) is 16.4. The summed E-state index contributed by atoms with van der Waals surface area (Å²) in [4.78, 5) is 17.2. The fourth-order valence-electron chi connectivity index (χ4n) is 2.96. The van der Waals surface area contributed by atoms with Crippen LogP contribution in [0, 0.1) is 0 Å². The largest absolute Gasteiger partial charge is 0.392 e. The van der Waals surface area contributed by atoms with Crippen LogP contribution in [-0.2, 0) is 11.3 Å². The third-order valence-electron chi connectivity index (χ3n) is 4.25. The van der Waals surface area contributed by atoms with Crippen LogP contribution < -0.4 is 0 Å². The smallest absolute Gasteiger partial charge is 0.236 e. The molecule has 1 aromatic heterocycles. The number of aliphatic hydroxyl groups is 1. The van der Waals surface area contributed by atoms with E-state index in [1.807, 2.05) is 36.2 Å².